The Bertz CT molecular complexity index is 844. The molecule has 0 aromatic rings. The van der Waals surface area contributed by atoms with Gasteiger partial charge in [-0.2, -0.15) is 0 Å². The smallest absolute Gasteiger partial charge is 0.118 e. The number of fused-ring (bicyclic) bond motifs is 2. The van der Waals surface area contributed by atoms with Gasteiger partial charge in [0.15, 0.2) is 0 Å². The van der Waals surface area contributed by atoms with Gasteiger partial charge in [-0.25, -0.2) is 0 Å². The second-order valence-corrected chi connectivity index (χ2v) is 12.4. The quantitative estimate of drug-likeness (QED) is 0.521. The summed E-state index contributed by atoms with van der Waals surface area (Å²) in [5, 5.41) is 25.1. The summed E-state index contributed by atoms with van der Waals surface area (Å²) in [5.41, 5.74) is -2.52. The van der Waals surface area contributed by atoms with Crippen LogP contribution in [0.3, 0.4) is 0 Å². The Morgan fingerprint density at radius 3 is 2.26 bits per heavy atom. The number of rotatable bonds is 8. The van der Waals surface area contributed by atoms with E-state index < -0.39 is 23.4 Å². The zero-order valence-corrected chi connectivity index (χ0v) is 22.2. The standard InChI is InChI=1S/C27H45NO7/c1-7-28-13-24(14-31-3)10-9-16(32-4)27-15-11-25(29)17(33-5)12-26(30,18(15)23(25)35-8-2)19(22(27)28)20(34-6)21(24)27/h15-23,29-30H,7-14H2,1-6H3/t15-,16+,17+,18-,19+,20+,21-,22-,23-,24+,25+,26-,27+/m1/s1. The molecule has 35 heavy (non-hydrogen) atoms. The molecule has 2 N–H and O–H groups in total. The molecular weight excluding hydrogens is 450 g/mol. The Morgan fingerprint density at radius 2 is 1.66 bits per heavy atom. The number of hydrogen-bond acceptors (Lipinski definition) is 8. The van der Waals surface area contributed by atoms with Crippen molar-refractivity contribution >= 4 is 0 Å². The molecule has 5 saturated carbocycles. The van der Waals surface area contributed by atoms with Crippen LogP contribution in [0.15, 0.2) is 0 Å². The number of piperidine rings is 1. The van der Waals surface area contributed by atoms with Gasteiger partial charge in [-0.3, -0.25) is 4.90 Å². The van der Waals surface area contributed by atoms with Gasteiger partial charge in [0.2, 0.25) is 0 Å². The van der Waals surface area contributed by atoms with Gasteiger partial charge < -0.3 is 33.9 Å². The van der Waals surface area contributed by atoms with Gasteiger partial charge in [-0.05, 0) is 38.6 Å². The molecular formula is C27H45NO7. The molecule has 7 bridgehead atoms. The lowest BCUT2D eigenvalue weighted by molar-refractivity contribution is -0.288. The summed E-state index contributed by atoms with van der Waals surface area (Å²) in [6.07, 6.45) is 1.88. The predicted octanol–water partition coefficient (Wildman–Crippen LogP) is 1.32. The minimum absolute atomic E-state index is 0.0280. The SMILES string of the molecule is CCO[C@@H]1[C@H]2[C@H]3C[C@]1(O)[C@@H](OC)C[C@]2(O)[C@H]1[C@H](OC)[C@@H]2[C@@]4(COC)CC[C@H](OC)[C@@]32[C@@H]1N(CC)C4. The van der Waals surface area contributed by atoms with Crippen LogP contribution in [-0.2, 0) is 23.7 Å². The maximum Gasteiger partial charge on any atom is 0.118 e. The van der Waals surface area contributed by atoms with E-state index in [9.17, 15) is 10.2 Å². The van der Waals surface area contributed by atoms with E-state index in [1.165, 1.54) is 0 Å². The summed E-state index contributed by atoms with van der Waals surface area (Å²) in [6, 6.07) is 0.115. The van der Waals surface area contributed by atoms with Gasteiger partial charge in [0.1, 0.15) is 5.60 Å². The zero-order valence-electron chi connectivity index (χ0n) is 22.2. The van der Waals surface area contributed by atoms with Gasteiger partial charge in [-0.15, -0.1) is 0 Å². The number of nitrogens with zero attached hydrogens (tertiary/aromatic N) is 1. The van der Waals surface area contributed by atoms with Gasteiger partial charge in [0.05, 0.1) is 36.6 Å². The Kier molecular flexibility index (Phi) is 5.78. The average molecular weight is 496 g/mol. The molecule has 200 valence electrons. The lowest BCUT2D eigenvalue weighted by atomic mass is 9.43. The Hall–Kier alpha value is -0.320. The van der Waals surface area contributed by atoms with Crippen LogP contribution in [0.2, 0.25) is 0 Å². The fourth-order valence-corrected chi connectivity index (χ4v) is 11.4. The monoisotopic (exact) mass is 495 g/mol. The molecule has 6 fully saturated rings. The normalized spacial score (nSPS) is 58.1. The molecule has 0 aromatic heterocycles. The van der Waals surface area contributed by atoms with Crippen molar-refractivity contribution in [3.63, 3.8) is 0 Å². The third-order valence-electron chi connectivity index (χ3n) is 11.8. The summed E-state index contributed by atoms with van der Waals surface area (Å²) >= 11 is 0. The summed E-state index contributed by atoms with van der Waals surface area (Å²) in [7, 11) is 7.12. The van der Waals surface area contributed by atoms with E-state index in [1.807, 2.05) is 21.1 Å². The second kappa shape index (κ2) is 8.09. The van der Waals surface area contributed by atoms with Crippen molar-refractivity contribution in [2.75, 3.05) is 54.7 Å². The highest BCUT2D eigenvalue weighted by molar-refractivity contribution is 5.37. The lowest BCUT2D eigenvalue weighted by Crippen LogP contribution is -2.77. The van der Waals surface area contributed by atoms with E-state index in [-0.39, 0.29) is 52.8 Å². The summed E-state index contributed by atoms with van der Waals surface area (Å²) in [5.74, 6) is -0.0786. The molecule has 6 aliphatic rings. The van der Waals surface area contributed by atoms with Crippen LogP contribution < -0.4 is 0 Å². The maximum atomic E-state index is 12.9. The number of methoxy groups -OCH3 is 4. The molecule has 0 radical (unpaired) electrons. The van der Waals surface area contributed by atoms with Crippen molar-refractivity contribution in [3.8, 4) is 0 Å². The third kappa shape index (κ3) is 2.62. The van der Waals surface area contributed by atoms with Crippen LogP contribution in [0.1, 0.15) is 39.5 Å². The summed E-state index contributed by atoms with van der Waals surface area (Å²) in [6.45, 7) is 7.20. The van der Waals surface area contributed by atoms with Gasteiger partial charge in [-0.1, -0.05) is 6.92 Å². The van der Waals surface area contributed by atoms with E-state index in [0.29, 0.717) is 26.1 Å². The fourth-order valence-electron chi connectivity index (χ4n) is 11.4. The van der Waals surface area contributed by atoms with Crippen molar-refractivity contribution < 1.29 is 33.9 Å². The molecule has 8 heteroatoms. The minimum Gasteiger partial charge on any atom is -0.389 e. The highest BCUT2D eigenvalue weighted by Crippen LogP contribution is 2.80. The minimum atomic E-state index is -1.13. The first-order chi connectivity index (χ1) is 16.8. The van der Waals surface area contributed by atoms with Gasteiger partial charge in [0.25, 0.3) is 0 Å². The van der Waals surface area contributed by atoms with Crippen molar-refractivity contribution in [2.24, 2.45) is 34.5 Å². The van der Waals surface area contributed by atoms with E-state index in [2.05, 4.69) is 11.8 Å². The third-order valence-corrected chi connectivity index (χ3v) is 11.8. The fraction of sp³-hybridized carbons (Fsp3) is 1.00. The summed E-state index contributed by atoms with van der Waals surface area (Å²) < 4.78 is 31.1. The molecule has 0 aromatic carbocycles. The molecule has 1 spiro atoms. The second-order valence-electron chi connectivity index (χ2n) is 12.4. The van der Waals surface area contributed by atoms with E-state index in [4.69, 9.17) is 23.7 Å². The van der Waals surface area contributed by atoms with Crippen LogP contribution in [0.4, 0.5) is 0 Å². The molecule has 8 nitrogen and oxygen atoms in total. The van der Waals surface area contributed by atoms with Crippen LogP contribution >= 0.6 is 0 Å². The van der Waals surface area contributed by atoms with Gasteiger partial charge in [0, 0.05) is 82.6 Å². The molecule has 1 heterocycles. The van der Waals surface area contributed by atoms with Crippen LogP contribution in [-0.4, -0.2) is 112 Å². The first kappa shape index (κ1) is 25.0. The molecule has 0 unspecified atom stereocenters. The number of hydrogen-bond donors (Lipinski definition) is 2. The molecule has 5 aliphatic carbocycles. The predicted molar refractivity (Wildman–Crippen MR) is 128 cm³/mol. The summed E-state index contributed by atoms with van der Waals surface area (Å²) in [4.78, 5) is 2.60. The van der Waals surface area contributed by atoms with Crippen LogP contribution in [0.25, 0.3) is 0 Å². The molecule has 1 saturated heterocycles. The number of likely N-dealkylation sites (tertiary alicyclic amines) is 1. The molecule has 0 amide bonds. The maximum absolute atomic E-state index is 12.9. The van der Waals surface area contributed by atoms with Crippen molar-refractivity contribution in [1.29, 1.82) is 0 Å². The molecule has 1 aliphatic heterocycles. The van der Waals surface area contributed by atoms with E-state index in [0.717, 1.165) is 25.9 Å². The zero-order chi connectivity index (χ0) is 25.0. The van der Waals surface area contributed by atoms with Crippen molar-refractivity contribution in [1.82, 2.24) is 4.90 Å². The van der Waals surface area contributed by atoms with Gasteiger partial charge >= 0.3 is 0 Å². The Balaban J connectivity index is 1.64. The molecule has 13 atom stereocenters. The van der Waals surface area contributed by atoms with Crippen LogP contribution in [0, 0.1) is 34.5 Å². The highest BCUT2D eigenvalue weighted by atomic mass is 16.5. The Labute approximate surface area is 209 Å². The topological polar surface area (TPSA) is 89.9 Å². The van der Waals surface area contributed by atoms with E-state index >= 15 is 0 Å². The van der Waals surface area contributed by atoms with Crippen molar-refractivity contribution in [3.05, 3.63) is 0 Å². The first-order valence-corrected chi connectivity index (χ1v) is 13.7. The number of aliphatic hydroxyl groups is 2. The van der Waals surface area contributed by atoms with Crippen molar-refractivity contribution in [2.45, 2.75) is 81.2 Å². The van der Waals surface area contributed by atoms with E-state index in [1.54, 1.807) is 14.2 Å². The lowest BCUT2D eigenvalue weighted by Gasteiger charge is -2.69. The molecule has 6 rings (SSSR count). The number of ether oxygens (including phenoxy) is 5. The largest absolute Gasteiger partial charge is 0.389 e. The Morgan fingerprint density at radius 1 is 0.914 bits per heavy atom. The first-order valence-electron chi connectivity index (χ1n) is 13.7. The average Bonchev–Trinajstić information content (AvgIpc) is 3.23. The van der Waals surface area contributed by atoms with Crippen LogP contribution in [0.5, 0.6) is 0 Å². The highest BCUT2D eigenvalue weighted by Gasteiger charge is 2.88.